The highest BCUT2D eigenvalue weighted by Gasteiger charge is 2.20. The van der Waals surface area contributed by atoms with Crippen molar-refractivity contribution in [1.82, 2.24) is 0 Å². The van der Waals surface area contributed by atoms with E-state index in [9.17, 15) is 4.39 Å². The predicted octanol–water partition coefficient (Wildman–Crippen LogP) is 3.34. The summed E-state index contributed by atoms with van der Waals surface area (Å²) in [6.45, 7) is 4.48. The number of rotatable bonds is 7. The average Bonchev–Trinajstić information content (AvgIpc) is 2.28. The molecule has 0 saturated heterocycles. The summed E-state index contributed by atoms with van der Waals surface area (Å²) in [7, 11) is 0. The van der Waals surface area contributed by atoms with Crippen LogP contribution in [0.5, 0.6) is 5.75 Å². The first-order valence-electron chi connectivity index (χ1n) is 6.15. The van der Waals surface area contributed by atoms with Gasteiger partial charge in [-0.1, -0.05) is 19.9 Å². The molecule has 0 fully saturated rings. The van der Waals surface area contributed by atoms with Gasteiger partial charge in [0.2, 0.25) is 0 Å². The van der Waals surface area contributed by atoms with Gasteiger partial charge in [-0.25, -0.2) is 4.39 Å². The van der Waals surface area contributed by atoms with E-state index >= 15 is 0 Å². The Hall–Kier alpha value is -1.58. The van der Waals surface area contributed by atoms with Crippen LogP contribution < -0.4 is 10.5 Å². The first kappa shape index (κ1) is 14.5. The van der Waals surface area contributed by atoms with Gasteiger partial charge in [-0.05, 0) is 31.4 Å². The van der Waals surface area contributed by atoms with Gasteiger partial charge in [0.1, 0.15) is 11.6 Å². The molecule has 0 spiro atoms. The van der Waals surface area contributed by atoms with Gasteiger partial charge in [0.05, 0.1) is 12.4 Å². The molecule has 3 nitrogen and oxygen atoms in total. The predicted molar refractivity (Wildman–Crippen MR) is 71.4 cm³/mol. The maximum Gasteiger partial charge on any atom is 0.126 e. The van der Waals surface area contributed by atoms with E-state index in [4.69, 9.17) is 15.9 Å². The summed E-state index contributed by atoms with van der Waals surface area (Å²) in [5.74, 6) is 0.486. The Morgan fingerprint density at radius 3 is 2.72 bits per heavy atom. The molecule has 18 heavy (non-hydrogen) atoms. The second-order valence-electron chi connectivity index (χ2n) is 5.06. The van der Waals surface area contributed by atoms with Crippen molar-refractivity contribution in [3.63, 3.8) is 0 Å². The largest absolute Gasteiger partial charge is 0.493 e. The molecule has 0 unspecified atom stereocenters. The highest BCUT2D eigenvalue weighted by atomic mass is 19.1. The smallest absolute Gasteiger partial charge is 0.126 e. The van der Waals surface area contributed by atoms with E-state index in [1.54, 1.807) is 12.1 Å². The normalized spacial score (nSPS) is 11.3. The zero-order valence-corrected chi connectivity index (χ0v) is 11.0. The summed E-state index contributed by atoms with van der Waals surface area (Å²) in [5.41, 5.74) is 5.25. The number of hydrogen-bond acceptors (Lipinski definition) is 2. The molecule has 1 aromatic rings. The number of nitrogens with two attached hydrogens (primary N) is 1. The van der Waals surface area contributed by atoms with Crippen LogP contribution >= 0.6 is 0 Å². The lowest BCUT2D eigenvalue weighted by Crippen LogP contribution is -2.30. The van der Waals surface area contributed by atoms with Gasteiger partial charge in [0.15, 0.2) is 0 Å². The van der Waals surface area contributed by atoms with E-state index < -0.39 is 0 Å². The van der Waals surface area contributed by atoms with Gasteiger partial charge in [0.25, 0.3) is 0 Å². The van der Waals surface area contributed by atoms with Crippen molar-refractivity contribution in [2.24, 2.45) is 11.1 Å². The topological polar surface area (TPSA) is 59.1 Å². The minimum absolute atomic E-state index is 0.216. The van der Waals surface area contributed by atoms with Crippen LogP contribution in [0.25, 0.3) is 0 Å². The highest BCUT2D eigenvalue weighted by Crippen LogP contribution is 2.22. The number of unbranched alkanes of at least 4 members (excludes halogenated alkanes) is 1. The summed E-state index contributed by atoms with van der Waals surface area (Å²) >= 11 is 0. The SMILES string of the molecule is CC(C)(CCCCOc1cccc(F)c1)C(=N)N. The van der Waals surface area contributed by atoms with Crippen LogP contribution in [0.15, 0.2) is 24.3 Å². The number of ether oxygens (including phenoxy) is 1. The number of amidine groups is 1. The maximum absolute atomic E-state index is 12.9. The molecule has 0 amide bonds. The third-order valence-corrected chi connectivity index (χ3v) is 2.99. The minimum atomic E-state index is -0.287. The third-order valence-electron chi connectivity index (χ3n) is 2.99. The number of halogens is 1. The zero-order valence-electron chi connectivity index (χ0n) is 11.0. The van der Waals surface area contributed by atoms with Crippen molar-refractivity contribution in [2.75, 3.05) is 6.61 Å². The van der Waals surface area contributed by atoms with Gasteiger partial charge >= 0.3 is 0 Å². The summed E-state index contributed by atoms with van der Waals surface area (Å²) in [4.78, 5) is 0. The van der Waals surface area contributed by atoms with E-state index in [0.29, 0.717) is 12.4 Å². The van der Waals surface area contributed by atoms with Gasteiger partial charge in [-0.2, -0.15) is 0 Å². The number of benzene rings is 1. The molecule has 0 bridgehead atoms. The van der Waals surface area contributed by atoms with E-state index in [1.807, 2.05) is 13.8 Å². The molecule has 0 aliphatic rings. The Kier molecular flexibility index (Phi) is 5.13. The van der Waals surface area contributed by atoms with E-state index in [-0.39, 0.29) is 17.1 Å². The maximum atomic E-state index is 12.9. The molecular formula is C14H21FN2O. The molecule has 1 aromatic carbocycles. The van der Waals surface area contributed by atoms with Crippen molar-refractivity contribution in [2.45, 2.75) is 33.1 Å². The van der Waals surface area contributed by atoms with Crippen LogP contribution in [0.3, 0.4) is 0 Å². The molecule has 0 saturated carbocycles. The molecule has 4 heteroatoms. The van der Waals surface area contributed by atoms with Gasteiger partial charge in [0, 0.05) is 11.5 Å². The van der Waals surface area contributed by atoms with Crippen molar-refractivity contribution < 1.29 is 9.13 Å². The lowest BCUT2D eigenvalue weighted by Gasteiger charge is -2.22. The van der Waals surface area contributed by atoms with Crippen LogP contribution in [0.2, 0.25) is 0 Å². The van der Waals surface area contributed by atoms with Crippen molar-refractivity contribution >= 4 is 5.84 Å². The van der Waals surface area contributed by atoms with Crippen molar-refractivity contribution in [3.05, 3.63) is 30.1 Å². The summed E-state index contributed by atoms with van der Waals surface area (Å²) in [6, 6.07) is 6.13. The average molecular weight is 252 g/mol. The fraction of sp³-hybridized carbons (Fsp3) is 0.500. The molecule has 0 radical (unpaired) electrons. The second-order valence-corrected chi connectivity index (χ2v) is 5.06. The molecule has 0 aliphatic heterocycles. The van der Waals surface area contributed by atoms with Crippen LogP contribution in [-0.4, -0.2) is 12.4 Å². The lowest BCUT2D eigenvalue weighted by molar-refractivity contribution is 0.295. The third kappa shape index (κ3) is 4.73. The van der Waals surface area contributed by atoms with Crippen LogP contribution in [-0.2, 0) is 0 Å². The fourth-order valence-electron chi connectivity index (χ4n) is 1.55. The van der Waals surface area contributed by atoms with E-state index in [1.165, 1.54) is 12.1 Å². The van der Waals surface area contributed by atoms with E-state index in [0.717, 1.165) is 19.3 Å². The molecular weight excluding hydrogens is 231 g/mol. The molecule has 0 heterocycles. The summed E-state index contributed by atoms with van der Waals surface area (Å²) in [6.07, 6.45) is 2.66. The Morgan fingerprint density at radius 1 is 1.39 bits per heavy atom. The molecule has 3 N–H and O–H groups in total. The van der Waals surface area contributed by atoms with Crippen molar-refractivity contribution in [1.29, 1.82) is 5.41 Å². The molecule has 0 aliphatic carbocycles. The summed E-state index contributed by atoms with van der Waals surface area (Å²) < 4.78 is 18.3. The Balaban J connectivity index is 2.22. The monoisotopic (exact) mass is 252 g/mol. The standard InChI is InChI=1S/C14H21FN2O/c1-14(2,13(16)17)8-3-4-9-18-12-7-5-6-11(15)10-12/h5-7,10H,3-4,8-9H2,1-2H3,(H3,16,17). The molecule has 1 rings (SSSR count). The Labute approximate surface area is 108 Å². The molecule has 0 aromatic heterocycles. The summed E-state index contributed by atoms with van der Waals surface area (Å²) in [5, 5.41) is 7.44. The zero-order chi connectivity index (χ0) is 13.6. The lowest BCUT2D eigenvalue weighted by atomic mass is 9.86. The van der Waals surface area contributed by atoms with Gasteiger partial charge in [-0.15, -0.1) is 0 Å². The molecule has 0 atom stereocenters. The highest BCUT2D eigenvalue weighted by molar-refractivity contribution is 5.82. The van der Waals surface area contributed by atoms with Crippen LogP contribution in [0, 0.1) is 16.6 Å². The second kappa shape index (κ2) is 6.38. The van der Waals surface area contributed by atoms with Crippen LogP contribution in [0.1, 0.15) is 33.1 Å². The van der Waals surface area contributed by atoms with Gasteiger partial charge in [-0.3, -0.25) is 5.41 Å². The van der Waals surface area contributed by atoms with Gasteiger partial charge < -0.3 is 10.5 Å². The first-order valence-corrected chi connectivity index (χ1v) is 6.15. The van der Waals surface area contributed by atoms with Crippen molar-refractivity contribution in [3.8, 4) is 5.75 Å². The Morgan fingerprint density at radius 2 is 2.11 bits per heavy atom. The fourth-order valence-corrected chi connectivity index (χ4v) is 1.55. The van der Waals surface area contributed by atoms with E-state index in [2.05, 4.69) is 0 Å². The minimum Gasteiger partial charge on any atom is -0.493 e. The Bertz CT molecular complexity index is 405. The number of nitrogens with one attached hydrogen (secondary N) is 1. The quantitative estimate of drug-likeness (QED) is 0.444. The molecule has 100 valence electrons. The van der Waals surface area contributed by atoms with Crippen LogP contribution in [0.4, 0.5) is 4.39 Å². The number of hydrogen-bond donors (Lipinski definition) is 2. The first-order chi connectivity index (χ1) is 8.42.